The first-order valence-corrected chi connectivity index (χ1v) is 4.92. The van der Waals surface area contributed by atoms with E-state index in [4.69, 9.17) is 0 Å². The Hall–Kier alpha value is -0.630. The van der Waals surface area contributed by atoms with Gasteiger partial charge in [-0.2, -0.15) is 0 Å². The maximum absolute atomic E-state index is 10.6. The van der Waals surface area contributed by atoms with Crippen LogP contribution in [-0.4, -0.2) is 6.29 Å². The van der Waals surface area contributed by atoms with Crippen molar-refractivity contribution < 1.29 is 4.79 Å². The maximum atomic E-state index is 10.6. The van der Waals surface area contributed by atoms with Crippen molar-refractivity contribution in [3.8, 4) is 0 Å². The number of hydrogen-bond acceptors (Lipinski definition) is 2. The van der Waals surface area contributed by atoms with Gasteiger partial charge >= 0.3 is 0 Å². The van der Waals surface area contributed by atoms with Crippen molar-refractivity contribution in [2.45, 2.75) is 27.2 Å². The predicted molar refractivity (Wildman–Crippen MR) is 52.9 cm³/mol. The third kappa shape index (κ3) is 2.45. The lowest BCUT2D eigenvalue weighted by Gasteiger charge is -2.17. The predicted octanol–water partition coefficient (Wildman–Crippen LogP) is 3.15. The van der Waals surface area contributed by atoms with Crippen molar-refractivity contribution in [2.24, 2.45) is 5.41 Å². The summed E-state index contributed by atoms with van der Waals surface area (Å²) in [5.74, 6) is 0. The van der Waals surface area contributed by atoms with E-state index >= 15 is 0 Å². The zero-order chi connectivity index (χ0) is 9.19. The molecule has 2 heteroatoms. The standard InChI is InChI=1S/C10H14OS/c1-10(2,3)6-8-4-5-12-9(8)7-11/h4-5,7H,6H2,1-3H3. The van der Waals surface area contributed by atoms with Gasteiger partial charge in [0, 0.05) is 0 Å². The molecule has 1 rings (SSSR count). The Morgan fingerprint density at radius 2 is 2.17 bits per heavy atom. The molecule has 0 N–H and O–H groups in total. The van der Waals surface area contributed by atoms with E-state index in [1.165, 1.54) is 16.9 Å². The summed E-state index contributed by atoms with van der Waals surface area (Å²) in [5, 5.41) is 1.98. The third-order valence-electron chi connectivity index (χ3n) is 1.61. The van der Waals surface area contributed by atoms with Gasteiger partial charge in [0.25, 0.3) is 0 Å². The Morgan fingerprint density at radius 1 is 1.50 bits per heavy atom. The molecule has 1 aromatic rings. The Balaban J connectivity index is 2.81. The minimum absolute atomic E-state index is 0.263. The molecule has 0 atom stereocenters. The van der Waals surface area contributed by atoms with Crippen LogP contribution in [0.2, 0.25) is 0 Å². The molecule has 0 aliphatic heterocycles. The first-order chi connectivity index (χ1) is 5.53. The fourth-order valence-electron chi connectivity index (χ4n) is 1.17. The largest absolute Gasteiger partial charge is 0.297 e. The minimum atomic E-state index is 0.263. The molecule has 66 valence electrons. The average Bonchev–Trinajstić information content (AvgIpc) is 2.31. The SMILES string of the molecule is CC(C)(C)Cc1ccsc1C=O. The number of carbonyl (C=O) groups is 1. The van der Waals surface area contributed by atoms with Crippen molar-refractivity contribution in [1.29, 1.82) is 0 Å². The summed E-state index contributed by atoms with van der Waals surface area (Å²) in [6.07, 6.45) is 1.93. The number of hydrogen-bond donors (Lipinski definition) is 0. The van der Waals surface area contributed by atoms with E-state index in [-0.39, 0.29) is 5.41 Å². The van der Waals surface area contributed by atoms with Crippen molar-refractivity contribution in [1.82, 2.24) is 0 Å². The molecule has 0 aliphatic rings. The molecule has 12 heavy (non-hydrogen) atoms. The van der Waals surface area contributed by atoms with E-state index < -0.39 is 0 Å². The average molecular weight is 182 g/mol. The topological polar surface area (TPSA) is 17.1 Å². The van der Waals surface area contributed by atoms with Crippen LogP contribution in [0.5, 0.6) is 0 Å². The molecule has 0 bridgehead atoms. The zero-order valence-corrected chi connectivity index (χ0v) is 8.57. The van der Waals surface area contributed by atoms with Crippen molar-refractivity contribution in [3.05, 3.63) is 21.9 Å². The molecule has 0 spiro atoms. The summed E-state index contributed by atoms with van der Waals surface area (Å²) in [7, 11) is 0. The summed E-state index contributed by atoms with van der Waals surface area (Å²) in [6, 6.07) is 2.04. The fourth-order valence-corrected chi connectivity index (χ4v) is 1.89. The molecule has 1 heterocycles. The highest BCUT2D eigenvalue weighted by Gasteiger charge is 2.14. The highest BCUT2D eigenvalue weighted by molar-refractivity contribution is 7.11. The van der Waals surface area contributed by atoms with Gasteiger partial charge in [0.05, 0.1) is 4.88 Å². The van der Waals surface area contributed by atoms with Gasteiger partial charge in [-0.05, 0) is 28.8 Å². The Kier molecular flexibility index (Phi) is 2.68. The van der Waals surface area contributed by atoms with Gasteiger partial charge in [-0.3, -0.25) is 4.79 Å². The van der Waals surface area contributed by atoms with Crippen LogP contribution in [0.15, 0.2) is 11.4 Å². The lowest BCUT2D eigenvalue weighted by atomic mass is 9.88. The quantitative estimate of drug-likeness (QED) is 0.642. The molecule has 0 fully saturated rings. The van der Waals surface area contributed by atoms with E-state index in [0.717, 1.165) is 17.6 Å². The summed E-state index contributed by atoms with van der Waals surface area (Å²) in [6.45, 7) is 6.54. The lowest BCUT2D eigenvalue weighted by Crippen LogP contribution is -2.09. The van der Waals surface area contributed by atoms with Crippen molar-refractivity contribution in [3.63, 3.8) is 0 Å². The molecular weight excluding hydrogens is 168 g/mol. The number of carbonyl (C=O) groups excluding carboxylic acids is 1. The smallest absolute Gasteiger partial charge is 0.160 e. The van der Waals surface area contributed by atoms with Crippen LogP contribution in [0, 0.1) is 5.41 Å². The molecular formula is C10H14OS. The number of aldehydes is 1. The van der Waals surface area contributed by atoms with E-state index in [1.807, 2.05) is 11.4 Å². The van der Waals surface area contributed by atoms with Gasteiger partial charge in [-0.1, -0.05) is 20.8 Å². The van der Waals surface area contributed by atoms with E-state index in [0.29, 0.717) is 0 Å². The molecule has 0 radical (unpaired) electrons. The molecule has 0 amide bonds. The second-order valence-electron chi connectivity index (χ2n) is 4.17. The third-order valence-corrected chi connectivity index (χ3v) is 2.49. The van der Waals surface area contributed by atoms with Gasteiger partial charge in [-0.15, -0.1) is 11.3 Å². The molecule has 0 saturated heterocycles. The summed E-state index contributed by atoms with van der Waals surface area (Å²) >= 11 is 1.52. The molecule has 0 aliphatic carbocycles. The van der Waals surface area contributed by atoms with E-state index in [2.05, 4.69) is 20.8 Å². The first-order valence-electron chi connectivity index (χ1n) is 4.04. The van der Waals surface area contributed by atoms with E-state index in [1.54, 1.807) is 0 Å². The molecule has 1 aromatic heterocycles. The van der Waals surface area contributed by atoms with Crippen LogP contribution in [0.25, 0.3) is 0 Å². The van der Waals surface area contributed by atoms with Gasteiger partial charge < -0.3 is 0 Å². The summed E-state index contributed by atoms with van der Waals surface area (Å²) in [4.78, 5) is 11.5. The monoisotopic (exact) mass is 182 g/mol. The van der Waals surface area contributed by atoms with Gasteiger partial charge in [0.2, 0.25) is 0 Å². The van der Waals surface area contributed by atoms with Gasteiger partial charge in [0.1, 0.15) is 0 Å². The second kappa shape index (κ2) is 3.40. The highest BCUT2D eigenvalue weighted by Crippen LogP contribution is 2.24. The Morgan fingerprint density at radius 3 is 2.67 bits per heavy atom. The number of rotatable bonds is 2. The maximum Gasteiger partial charge on any atom is 0.160 e. The molecule has 0 aromatic carbocycles. The number of thiophene rings is 1. The summed E-state index contributed by atoms with van der Waals surface area (Å²) < 4.78 is 0. The molecule has 1 nitrogen and oxygen atoms in total. The van der Waals surface area contributed by atoms with Gasteiger partial charge in [-0.25, -0.2) is 0 Å². The fraction of sp³-hybridized carbons (Fsp3) is 0.500. The molecule has 0 unspecified atom stereocenters. The van der Waals surface area contributed by atoms with Crippen LogP contribution in [0.1, 0.15) is 36.0 Å². The highest BCUT2D eigenvalue weighted by atomic mass is 32.1. The van der Waals surface area contributed by atoms with Crippen molar-refractivity contribution in [2.75, 3.05) is 0 Å². The Labute approximate surface area is 77.4 Å². The van der Waals surface area contributed by atoms with Crippen molar-refractivity contribution >= 4 is 17.6 Å². The first kappa shape index (κ1) is 9.46. The zero-order valence-electron chi connectivity index (χ0n) is 7.76. The second-order valence-corrected chi connectivity index (χ2v) is 5.11. The normalized spacial score (nSPS) is 11.6. The van der Waals surface area contributed by atoms with Crippen LogP contribution in [0.3, 0.4) is 0 Å². The summed E-state index contributed by atoms with van der Waals surface area (Å²) in [5.41, 5.74) is 1.45. The van der Waals surface area contributed by atoms with Crippen LogP contribution in [0.4, 0.5) is 0 Å². The van der Waals surface area contributed by atoms with E-state index in [9.17, 15) is 4.79 Å². The lowest BCUT2D eigenvalue weighted by molar-refractivity contribution is 0.112. The van der Waals surface area contributed by atoms with Crippen LogP contribution < -0.4 is 0 Å². The molecule has 0 saturated carbocycles. The van der Waals surface area contributed by atoms with Crippen LogP contribution >= 0.6 is 11.3 Å². The van der Waals surface area contributed by atoms with Crippen LogP contribution in [-0.2, 0) is 6.42 Å². The minimum Gasteiger partial charge on any atom is -0.297 e. The Bertz CT molecular complexity index is 268. The van der Waals surface area contributed by atoms with Gasteiger partial charge in [0.15, 0.2) is 6.29 Å².